The van der Waals surface area contributed by atoms with Crippen molar-refractivity contribution in [1.29, 1.82) is 0 Å². The van der Waals surface area contributed by atoms with E-state index in [0.29, 0.717) is 12.5 Å². The van der Waals surface area contributed by atoms with Gasteiger partial charge >= 0.3 is 0 Å². The Hall–Kier alpha value is -4.30. The van der Waals surface area contributed by atoms with Gasteiger partial charge in [-0.15, -0.1) is 0 Å². The van der Waals surface area contributed by atoms with Crippen LogP contribution in [0.1, 0.15) is 52.2 Å². The normalized spacial score (nSPS) is 11.2. The molecule has 0 aliphatic carbocycles. The number of nitrogens with one attached hydrogen (secondary N) is 4. The van der Waals surface area contributed by atoms with E-state index >= 15 is 0 Å². The van der Waals surface area contributed by atoms with Crippen LogP contribution in [0.2, 0.25) is 0 Å². The predicted molar refractivity (Wildman–Crippen MR) is 175 cm³/mol. The van der Waals surface area contributed by atoms with Crippen LogP contribution in [0, 0.1) is 12.3 Å². The lowest BCUT2D eigenvalue weighted by molar-refractivity contribution is -0.127. The van der Waals surface area contributed by atoms with Gasteiger partial charge in [-0.25, -0.2) is 4.98 Å². The number of allylic oxidation sites excluding steroid dienone is 3. The molecule has 0 spiro atoms. The zero-order chi connectivity index (χ0) is 31.1. The van der Waals surface area contributed by atoms with Crippen LogP contribution in [0.3, 0.4) is 0 Å². The van der Waals surface area contributed by atoms with Crippen LogP contribution in [0.4, 0.5) is 17.5 Å². The maximum absolute atomic E-state index is 13.1. The summed E-state index contributed by atoms with van der Waals surface area (Å²) >= 11 is 0. The van der Waals surface area contributed by atoms with Gasteiger partial charge in [0.1, 0.15) is 12.6 Å². The van der Waals surface area contributed by atoms with Crippen molar-refractivity contribution in [2.24, 2.45) is 5.41 Å². The molecule has 0 aliphatic heterocycles. The van der Waals surface area contributed by atoms with Gasteiger partial charge < -0.3 is 26.1 Å². The van der Waals surface area contributed by atoms with Crippen LogP contribution in [0.5, 0.6) is 0 Å². The average molecular weight is 571 g/mol. The highest BCUT2D eigenvalue weighted by Gasteiger charge is 2.30. The van der Waals surface area contributed by atoms with E-state index in [0.717, 1.165) is 53.3 Å². The number of carbonyl (C=O) groups is 2. The molecule has 0 bridgehead atoms. The van der Waals surface area contributed by atoms with Crippen molar-refractivity contribution in [2.45, 2.75) is 54.5 Å². The summed E-state index contributed by atoms with van der Waals surface area (Å²) < 4.78 is 0. The smallest absolute Gasteiger partial charge is 0.230 e. The lowest BCUT2D eigenvalue weighted by Gasteiger charge is -2.25. The lowest BCUT2D eigenvalue weighted by atomic mass is 9.82. The van der Waals surface area contributed by atoms with E-state index in [2.05, 4.69) is 63.5 Å². The summed E-state index contributed by atoms with van der Waals surface area (Å²) in [5.41, 5.74) is 6.64. The SMILES string of the molecule is C/C=C(\C=C(C)C)C(C)(C)C(=O)NCc1ccc(-c2cnc(Nc3cccc(C)c3)nc2NCCCNC)cc1.C=O. The van der Waals surface area contributed by atoms with Gasteiger partial charge in [-0.05, 0) is 96.0 Å². The van der Waals surface area contributed by atoms with Gasteiger partial charge in [-0.1, -0.05) is 54.1 Å². The molecule has 8 heteroatoms. The summed E-state index contributed by atoms with van der Waals surface area (Å²) in [6.45, 7) is 16.2. The van der Waals surface area contributed by atoms with Gasteiger partial charge in [-0.2, -0.15) is 4.98 Å². The predicted octanol–water partition coefficient (Wildman–Crippen LogP) is 6.59. The molecule has 8 nitrogen and oxygen atoms in total. The van der Waals surface area contributed by atoms with Gasteiger partial charge in [0.2, 0.25) is 11.9 Å². The lowest BCUT2D eigenvalue weighted by Crippen LogP contribution is -2.37. The van der Waals surface area contributed by atoms with E-state index in [1.165, 1.54) is 11.1 Å². The fraction of sp³-hybridized carbons (Fsp3) is 0.353. The van der Waals surface area contributed by atoms with E-state index in [-0.39, 0.29) is 5.91 Å². The molecule has 0 atom stereocenters. The molecule has 3 rings (SSSR count). The Morgan fingerprint density at radius 3 is 2.38 bits per heavy atom. The first-order valence-electron chi connectivity index (χ1n) is 14.2. The fourth-order valence-corrected chi connectivity index (χ4v) is 4.38. The monoisotopic (exact) mass is 570 g/mol. The minimum absolute atomic E-state index is 0.000306. The highest BCUT2D eigenvalue weighted by Crippen LogP contribution is 2.30. The maximum Gasteiger partial charge on any atom is 0.230 e. The Bertz CT molecular complexity index is 1360. The standard InChI is InChI=1S/C33H44N6O.CH2O/c1-8-27(19-23(2)3)33(5,6)31(40)36-21-25-13-15-26(16-14-25)29-22-37-32(38-28-12-9-11-24(4)20-28)39-30(29)35-18-10-17-34-7;1-2/h8-9,11-16,19-20,22,34H,10,17-18,21H2,1-7H3,(H,36,40)(H2,35,37,38,39);1H2/b27-8+;. The number of aryl methyl sites for hydroxylation is 1. The number of benzene rings is 2. The van der Waals surface area contributed by atoms with E-state index in [1.54, 1.807) is 0 Å². The molecule has 1 amide bonds. The number of anilines is 3. The summed E-state index contributed by atoms with van der Waals surface area (Å²) in [6.07, 6.45) is 6.91. The summed E-state index contributed by atoms with van der Waals surface area (Å²) in [5, 5.41) is 13.1. The summed E-state index contributed by atoms with van der Waals surface area (Å²) in [6, 6.07) is 16.3. The third-order valence-corrected chi connectivity index (χ3v) is 6.72. The number of hydrogen-bond donors (Lipinski definition) is 4. The maximum atomic E-state index is 13.1. The molecule has 0 aliphatic rings. The Labute approximate surface area is 251 Å². The van der Waals surface area contributed by atoms with Crippen molar-refractivity contribution in [3.8, 4) is 11.1 Å². The molecular weight excluding hydrogens is 524 g/mol. The molecule has 42 heavy (non-hydrogen) atoms. The van der Waals surface area contributed by atoms with Crippen LogP contribution < -0.4 is 21.3 Å². The first-order valence-corrected chi connectivity index (χ1v) is 14.2. The number of hydrogen-bond acceptors (Lipinski definition) is 7. The number of aromatic nitrogens is 2. The summed E-state index contributed by atoms with van der Waals surface area (Å²) in [5.74, 6) is 1.32. The third-order valence-electron chi connectivity index (χ3n) is 6.72. The highest BCUT2D eigenvalue weighted by atomic mass is 16.2. The minimum atomic E-state index is -0.620. The van der Waals surface area contributed by atoms with Gasteiger partial charge in [0.05, 0.1) is 5.41 Å². The van der Waals surface area contributed by atoms with E-state index in [4.69, 9.17) is 9.78 Å². The second-order valence-electron chi connectivity index (χ2n) is 10.8. The Kier molecular flexibility index (Phi) is 13.6. The summed E-state index contributed by atoms with van der Waals surface area (Å²) in [7, 11) is 1.95. The van der Waals surface area contributed by atoms with Crippen molar-refractivity contribution >= 4 is 30.1 Å². The highest BCUT2D eigenvalue weighted by molar-refractivity contribution is 5.85. The molecule has 224 valence electrons. The number of rotatable bonds is 13. The molecule has 0 saturated carbocycles. The van der Waals surface area contributed by atoms with Crippen LogP contribution in [-0.2, 0) is 16.1 Å². The molecule has 1 aromatic heterocycles. The van der Waals surface area contributed by atoms with E-state index < -0.39 is 5.41 Å². The first-order chi connectivity index (χ1) is 20.1. The van der Waals surface area contributed by atoms with Gasteiger partial charge in [0.15, 0.2) is 0 Å². The number of nitrogens with zero attached hydrogens (tertiary/aromatic N) is 2. The van der Waals surface area contributed by atoms with Gasteiger partial charge in [0, 0.05) is 30.5 Å². The molecule has 0 fully saturated rings. The number of carbonyl (C=O) groups excluding carboxylic acids is 2. The topological polar surface area (TPSA) is 108 Å². The van der Waals surface area contributed by atoms with Crippen LogP contribution in [0.15, 0.2) is 78.0 Å². The zero-order valence-electron chi connectivity index (χ0n) is 26.1. The minimum Gasteiger partial charge on any atom is -0.369 e. The van der Waals surface area contributed by atoms with Crippen LogP contribution >= 0.6 is 0 Å². The van der Waals surface area contributed by atoms with E-state index in [9.17, 15) is 4.79 Å². The zero-order valence-corrected chi connectivity index (χ0v) is 26.1. The number of amides is 1. The molecule has 3 aromatic rings. The Balaban J connectivity index is 0.00000301. The van der Waals surface area contributed by atoms with Crippen molar-refractivity contribution < 1.29 is 9.59 Å². The molecular formula is C34H46N6O2. The van der Waals surface area contributed by atoms with Crippen molar-refractivity contribution in [3.05, 3.63) is 89.2 Å². The Morgan fingerprint density at radius 2 is 1.76 bits per heavy atom. The average Bonchev–Trinajstić information content (AvgIpc) is 2.98. The third kappa shape index (κ3) is 9.96. The first kappa shape index (κ1) is 33.9. The fourth-order valence-electron chi connectivity index (χ4n) is 4.38. The quantitative estimate of drug-likeness (QED) is 0.136. The molecule has 0 radical (unpaired) electrons. The van der Waals surface area contributed by atoms with E-state index in [1.807, 2.05) is 85.0 Å². The van der Waals surface area contributed by atoms with Gasteiger partial charge in [0.25, 0.3) is 0 Å². The van der Waals surface area contributed by atoms with Crippen molar-refractivity contribution in [1.82, 2.24) is 20.6 Å². The second-order valence-corrected chi connectivity index (χ2v) is 10.8. The van der Waals surface area contributed by atoms with Gasteiger partial charge in [-0.3, -0.25) is 4.79 Å². The van der Waals surface area contributed by atoms with Crippen LogP contribution in [0.25, 0.3) is 11.1 Å². The molecule has 4 N–H and O–H groups in total. The molecule has 2 aromatic carbocycles. The molecule has 0 saturated heterocycles. The van der Waals surface area contributed by atoms with Crippen molar-refractivity contribution in [2.75, 3.05) is 30.8 Å². The van der Waals surface area contributed by atoms with Crippen LogP contribution in [-0.4, -0.2) is 42.8 Å². The Morgan fingerprint density at radius 1 is 1.05 bits per heavy atom. The molecule has 1 heterocycles. The second kappa shape index (κ2) is 16.8. The largest absolute Gasteiger partial charge is 0.369 e. The summed E-state index contributed by atoms with van der Waals surface area (Å²) in [4.78, 5) is 30.5. The van der Waals surface area contributed by atoms with Crippen molar-refractivity contribution in [3.63, 3.8) is 0 Å². The molecule has 0 unspecified atom stereocenters.